The Morgan fingerprint density at radius 1 is 1.02 bits per heavy atom. The molecule has 2 aromatic carbocycles. The van der Waals surface area contributed by atoms with Crippen LogP contribution in [0.2, 0.25) is 0 Å². The molecule has 43 heavy (non-hydrogen) atoms. The third-order valence-electron chi connectivity index (χ3n) is 7.10. The molecule has 10 heteroatoms. The number of amides is 1. The van der Waals surface area contributed by atoms with E-state index in [1.165, 1.54) is 4.90 Å². The number of aryl methyl sites for hydroxylation is 1. The summed E-state index contributed by atoms with van der Waals surface area (Å²) in [6, 6.07) is 13.7. The Kier molecular flexibility index (Phi) is 9.68. The van der Waals surface area contributed by atoms with Gasteiger partial charge in [-0.3, -0.25) is 9.59 Å². The summed E-state index contributed by atoms with van der Waals surface area (Å²) >= 11 is 0. The minimum Gasteiger partial charge on any atom is -0.479 e. The number of benzene rings is 2. The number of fused-ring (bicyclic) bond motifs is 1. The van der Waals surface area contributed by atoms with Crippen molar-refractivity contribution < 1.29 is 33.8 Å². The van der Waals surface area contributed by atoms with E-state index in [9.17, 15) is 24.3 Å². The Morgan fingerprint density at radius 2 is 1.72 bits per heavy atom. The van der Waals surface area contributed by atoms with Crippen molar-refractivity contribution in [3.8, 4) is 11.1 Å². The molecule has 0 radical (unpaired) electrons. The van der Waals surface area contributed by atoms with Crippen molar-refractivity contribution >= 4 is 23.8 Å². The highest BCUT2D eigenvalue weighted by molar-refractivity contribution is 5.98. The summed E-state index contributed by atoms with van der Waals surface area (Å²) in [7, 11) is 0. The number of carboxylic acid groups (broad SMARTS) is 1. The van der Waals surface area contributed by atoms with Crippen LogP contribution >= 0.6 is 0 Å². The standard InChI is InChI=1S/C33H39N3O7/c1-6-10-26-34-25-17-18-35(27(37)19-28(38)42-7-2)30(31(39)40)29(25)36(26)20-21-13-15-22(16-14-21)23-11-8-9-12-24(23)32(41)43-33(3,4)5/h8-9,11-16,30H,6-7,10,17-20H2,1-5H3,(H,39,40). The molecule has 1 unspecified atom stereocenters. The molecule has 0 bridgehead atoms. The molecule has 228 valence electrons. The Labute approximate surface area is 251 Å². The average molecular weight is 590 g/mol. The van der Waals surface area contributed by atoms with Crippen LogP contribution in [0.3, 0.4) is 0 Å². The van der Waals surface area contributed by atoms with Crippen LogP contribution in [0.1, 0.15) is 86.6 Å². The van der Waals surface area contributed by atoms with E-state index < -0.39 is 41.9 Å². The molecule has 0 fully saturated rings. The van der Waals surface area contributed by atoms with Crippen LogP contribution in [-0.2, 0) is 43.2 Å². The molecule has 1 aliphatic rings. The highest BCUT2D eigenvalue weighted by atomic mass is 16.6. The number of carboxylic acids is 1. The Bertz CT molecular complexity index is 1500. The van der Waals surface area contributed by atoms with Crippen molar-refractivity contribution in [2.75, 3.05) is 13.2 Å². The summed E-state index contributed by atoms with van der Waals surface area (Å²) in [5.41, 5.74) is 3.44. The molecular formula is C33H39N3O7. The van der Waals surface area contributed by atoms with Gasteiger partial charge >= 0.3 is 17.9 Å². The zero-order chi connectivity index (χ0) is 31.3. The number of aliphatic carboxylic acids is 1. The third-order valence-corrected chi connectivity index (χ3v) is 7.10. The summed E-state index contributed by atoms with van der Waals surface area (Å²) in [5.74, 6) is -2.11. The van der Waals surface area contributed by atoms with Gasteiger partial charge in [0.25, 0.3) is 0 Å². The topological polar surface area (TPSA) is 128 Å². The lowest BCUT2D eigenvalue weighted by molar-refractivity contribution is -0.156. The molecule has 1 aliphatic heterocycles. The molecule has 4 rings (SSSR count). The number of imidazole rings is 1. The average Bonchev–Trinajstić information content (AvgIpc) is 3.28. The monoisotopic (exact) mass is 589 g/mol. The summed E-state index contributed by atoms with van der Waals surface area (Å²) in [5, 5.41) is 10.3. The van der Waals surface area contributed by atoms with Crippen molar-refractivity contribution in [1.82, 2.24) is 14.5 Å². The van der Waals surface area contributed by atoms with Crippen molar-refractivity contribution in [1.29, 1.82) is 0 Å². The lowest BCUT2D eigenvalue weighted by Crippen LogP contribution is -2.45. The van der Waals surface area contributed by atoms with Crippen molar-refractivity contribution in [2.24, 2.45) is 0 Å². The molecule has 1 N–H and O–H groups in total. The van der Waals surface area contributed by atoms with Crippen LogP contribution in [0.5, 0.6) is 0 Å². The van der Waals surface area contributed by atoms with Crippen LogP contribution in [-0.4, -0.2) is 62.1 Å². The van der Waals surface area contributed by atoms with Crippen LogP contribution in [0.25, 0.3) is 11.1 Å². The first-order chi connectivity index (χ1) is 20.4. The van der Waals surface area contributed by atoms with E-state index in [0.717, 1.165) is 28.9 Å². The Morgan fingerprint density at radius 3 is 2.35 bits per heavy atom. The van der Waals surface area contributed by atoms with Gasteiger partial charge in [0, 0.05) is 25.9 Å². The molecule has 3 aromatic rings. The van der Waals surface area contributed by atoms with E-state index in [0.29, 0.717) is 36.3 Å². The van der Waals surface area contributed by atoms with Crippen molar-refractivity contribution in [2.45, 2.75) is 78.5 Å². The number of hydrogen-bond acceptors (Lipinski definition) is 7. The number of nitrogens with zero attached hydrogens (tertiary/aromatic N) is 3. The van der Waals surface area contributed by atoms with E-state index in [-0.39, 0.29) is 13.2 Å². The second kappa shape index (κ2) is 13.2. The van der Waals surface area contributed by atoms with Crippen LogP contribution in [0.4, 0.5) is 0 Å². The number of rotatable bonds is 10. The smallest absolute Gasteiger partial charge is 0.339 e. The quantitative estimate of drug-likeness (QED) is 0.259. The minimum atomic E-state index is -1.27. The van der Waals surface area contributed by atoms with Gasteiger partial charge in [0.2, 0.25) is 5.91 Å². The van der Waals surface area contributed by atoms with Gasteiger partial charge in [-0.1, -0.05) is 49.4 Å². The van der Waals surface area contributed by atoms with E-state index in [2.05, 4.69) is 0 Å². The fourth-order valence-electron chi connectivity index (χ4n) is 5.33. The van der Waals surface area contributed by atoms with Crippen LogP contribution < -0.4 is 0 Å². The van der Waals surface area contributed by atoms with Crippen LogP contribution in [0.15, 0.2) is 48.5 Å². The summed E-state index contributed by atoms with van der Waals surface area (Å²) < 4.78 is 12.4. The van der Waals surface area contributed by atoms with Gasteiger partial charge in [-0.25, -0.2) is 14.6 Å². The van der Waals surface area contributed by atoms with Crippen molar-refractivity contribution in [3.63, 3.8) is 0 Å². The number of ether oxygens (including phenoxy) is 2. The van der Waals surface area contributed by atoms with Gasteiger partial charge in [0.15, 0.2) is 6.04 Å². The second-order valence-corrected chi connectivity index (χ2v) is 11.5. The van der Waals surface area contributed by atoms with E-state index in [4.69, 9.17) is 14.5 Å². The molecule has 1 amide bonds. The fourth-order valence-corrected chi connectivity index (χ4v) is 5.33. The highest BCUT2D eigenvalue weighted by Gasteiger charge is 2.40. The van der Waals surface area contributed by atoms with Gasteiger partial charge in [0.1, 0.15) is 17.8 Å². The predicted molar refractivity (Wildman–Crippen MR) is 159 cm³/mol. The normalized spacial score (nSPS) is 14.6. The molecule has 10 nitrogen and oxygen atoms in total. The van der Waals surface area contributed by atoms with Gasteiger partial charge in [0.05, 0.1) is 23.6 Å². The first kappa shape index (κ1) is 31.5. The Balaban J connectivity index is 1.66. The number of carbonyl (C=O) groups excluding carboxylic acids is 3. The largest absolute Gasteiger partial charge is 0.479 e. The second-order valence-electron chi connectivity index (χ2n) is 11.5. The van der Waals surface area contributed by atoms with Crippen molar-refractivity contribution in [3.05, 3.63) is 76.9 Å². The Hall–Kier alpha value is -4.47. The molecular weight excluding hydrogens is 550 g/mol. The third kappa shape index (κ3) is 7.31. The van der Waals surface area contributed by atoms with Gasteiger partial charge in [-0.05, 0) is 56.9 Å². The number of hydrogen-bond donors (Lipinski definition) is 1. The molecule has 0 spiro atoms. The molecule has 2 heterocycles. The molecule has 0 saturated heterocycles. The lowest BCUT2D eigenvalue weighted by Gasteiger charge is -2.33. The van der Waals surface area contributed by atoms with Gasteiger partial charge < -0.3 is 24.0 Å². The molecule has 1 aromatic heterocycles. The van der Waals surface area contributed by atoms with E-state index in [1.54, 1.807) is 19.1 Å². The van der Waals surface area contributed by atoms with Gasteiger partial charge in [-0.2, -0.15) is 0 Å². The first-order valence-corrected chi connectivity index (χ1v) is 14.6. The van der Waals surface area contributed by atoms with Gasteiger partial charge in [-0.15, -0.1) is 0 Å². The minimum absolute atomic E-state index is 0.136. The predicted octanol–water partition coefficient (Wildman–Crippen LogP) is 4.97. The summed E-state index contributed by atoms with van der Waals surface area (Å²) in [6.45, 7) is 9.79. The SMILES string of the molecule is CCCc1nc2c(n1Cc1ccc(-c3ccccc3C(=O)OC(C)(C)C)cc1)C(C(=O)O)N(C(=O)CC(=O)OCC)CC2. The number of aromatic nitrogens is 2. The first-order valence-electron chi connectivity index (χ1n) is 14.6. The number of esters is 2. The maximum absolute atomic E-state index is 13.0. The zero-order valence-corrected chi connectivity index (χ0v) is 25.4. The number of carbonyl (C=O) groups is 4. The van der Waals surface area contributed by atoms with E-state index >= 15 is 0 Å². The molecule has 1 atom stereocenters. The maximum atomic E-state index is 13.0. The maximum Gasteiger partial charge on any atom is 0.339 e. The fraction of sp³-hybridized carbons (Fsp3) is 0.424. The highest BCUT2D eigenvalue weighted by Crippen LogP contribution is 2.33. The molecule has 0 aliphatic carbocycles. The molecule has 0 saturated carbocycles. The zero-order valence-electron chi connectivity index (χ0n) is 25.4. The summed E-state index contributed by atoms with van der Waals surface area (Å²) in [4.78, 5) is 56.6. The summed E-state index contributed by atoms with van der Waals surface area (Å²) in [6.07, 6.45) is 1.31. The van der Waals surface area contributed by atoms with E-state index in [1.807, 2.05) is 68.7 Å². The lowest BCUT2D eigenvalue weighted by atomic mass is 9.98. The van der Waals surface area contributed by atoms with Crippen LogP contribution in [0, 0.1) is 0 Å².